The molecule has 0 spiro atoms. The average molecular weight is 391 g/mol. The van der Waals surface area contributed by atoms with E-state index >= 15 is 0 Å². The fraction of sp³-hybridized carbons (Fsp3) is 0.227. The molecular formula is C22H22N4OS. The molecular weight excluding hydrogens is 368 g/mol. The second kappa shape index (κ2) is 8.44. The number of unbranched alkanes of at least 4 members (excludes halogenated alkanes) is 1. The Bertz CT molecular complexity index is 1060. The third kappa shape index (κ3) is 3.87. The van der Waals surface area contributed by atoms with Crippen LogP contribution in [0.1, 0.15) is 19.8 Å². The van der Waals surface area contributed by atoms with Gasteiger partial charge in [0.05, 0.1) is 18.5 Å². The molecule has 0 aliphatic carbocycles. The van der Waals surface area contributed by atoms with Crippen molar-refractivity contribution in [3.63, 3.8) is 0 Å². The highest BCUT2D eigenvalue weighted by Gasteiger charge is 2.13. The summed E-state index contributed by atoms with van der Waals surface area (Å²) in [6.45, 7) is 2.20. The van der Waals surface area contributed by atoms with E-state index in [1.165, 1.54) is 12.8 Å². The van der Waals surface area contributed by atoms with Crippen LogP contribution in [0, 0.1) is 0 Å². The van der Waals surface area contributed by atoms with Crippen molar-refractivity contribution >= 4 is 17.4 Å². The zero-order chi connectivity index (χ0) is 19.3. The van der Waals surface area contributed by atoms with E-state index in [9.17, 15) is 0 Å². The van der Waals surface area contributed by atoms with E-state index < -0.39 is 0 Å². The third-order valence-electron chi connectivity index (χ3n) is 4.50. The Morgan fingerprint density at radius 1 is 1.07 bits per heavy atom. The number of aromatic nitrogens is 4. The van der Waals surface area contributed by atoms with Crippen LogP contribution in [0.15, 0.2) is 66.0 Å². The minimum Gasteiger partial charge on any atom is -0.497 e. The van der Waals surface area contributed by atoms with Gasteiger partial charge in [0.15, 0.2) is 5.65 Å². The maximum absolute atomic E-state index is 5.27. The van der Waals surface area contributed by atoms with Crippen LogP contribution < -0.4 is 4.74 Å². The van der Waals surface area contributed by atoms with Crippen molar-refractivity contribution in [2.45, 2.75) is 24.8 Å². The molecule has 0 bridgehead atoms. The van der Waals surface area contributed by atoms with Crippen LogP contribution in [0.2, 0.25) is 0 Å². The zero-order valence-corrected chi connectivity index (χ0v) is 16.8. The molecule has 0 radical (unpaired) electrons. The summed E-state index contributed by atoms with van der Waals surface area (Å²) in [6, 6.07) is 16.1. The zero-order valence-electron chi connectivity index (χ0n) is 16.0. The molecule has 0 fully saturated rings. The van der Waals surface area contributed by atoms with E-state index in [-0.39, 0.29) is 0 Å². The van der Waals surface area contributed by atoms with Gasteiger partial charge >= 0.3 is 0 Å². The van der Waals surface area contributed by atoms with E-state index in [1.807, 2.05) is 47.1 Å². The maximum atomic E-state index is 5.27. The Balaban J connectivity index is 1.82. The Hall–Kier alpha value is -2.86. The number of nitrogens with zero attached hydrogens (tertiary/aromatic N) is 4. The third-order valence-corrected chi connectivity index (χ3v) is 5.48. The summed E-state index contributed by atoms with van der Waals surface area (Å²) < 4.78 is 7.19. The summed E-state index contributed by atoms with van der Waals surface area (Å²) in [5, 5.41) is 5.79. The first-order valence-corrected chi connectivity index (χ1v) is 10.4. The molecule has 1 aromatic carbocycles. The highest BCUT2D eigenvalue weighted by molar-refractivity contribution is 7.99. The van der Waals surface area contributed by atoms with Gasteiger partial charge in [0.25, 0.3) is 0 Å². The second-order valence-electron chi connectivity index (χ2n) is 6.45. The molecule has 3 heterocycles. The highest BCUT2D eigenvalue weighted by atomic mass is 32.2. The summed E-state index contributed by atoms with van der Waals surface area (Å²) in [7, 11) is 1.67. The first-order chi connectivity index (χ1) is 13.8. The van der Waals surface area contributed by atoms with Crippen molar-refractivity contribution in [3.05, 3.63) is 60.9 Å². The number of pyridine rings is 1. The first-order valence-electron chi connectivity index (χ1n) is 9.37. The Labute approximate surface area is 168 Å². The lowest BCUT2D eigenvalue weighted by molar-refractivity contribution is 0.415. The first kappa shape index (κ1) is 18.5. The van der Waals surface area contributed by atoms with Crippen LogP contribution >= 0.6 is 11.8 Å². The van der Waals surface area contributed by atoms with E-state index in [1.54, 1.807) is 25.1 Å². The number of benzene rings is 1. The summed E-state index contributed by atoms with van der Waals surface area (Å²) in [5.74, 6) is 1.89. The number of hydrogen-bond donors (Lipinski definition) is 0. The van der Waals surface area contributed by atoms with Gasteiger partial charge in [0, 0.05) is 29.6 Å². The molecule has 6 heteroatoms. The maximum Gasteiger partial charge on any atom is 0.157 e. The second-order valence-corrected chi connectivity index (χ2v) is 7.57. The predicted octanol–water partition coefficient (Wildman–Crippen LogP) is 5.36. The lowest BCUT2D eigenvalue weighted by atomic mass is 10.1. The highest BCUT2D eigenvalue weighted by Crippen LogP contribution is 2.29. The van der Waals surface area contributed by atoms with Crippen molar-refractivity contribution in [2.24, 2.45) is 0 Å². The van der Waals surface area contributed by atoms with Crippen LogP contribution in [-0.2, 0) is 0 Å². The van der Waals surface area contributed by atoms with Crippen molar-refractivity contribution < 1.29 is 4.74 Å². The summed E-state index contributed by atoms with van der Waals surface area (Å²) in [5.41, 5.74) is 4.77. The van der Waals surface area contributed by atoms with Crippen molar-refractivity contribution in [2.75, 3.05) is 12.9 Å². The SMILES string of the molecule is CCCCSc1cc2nc(-c3ccc(OC)cc3)cc(-c3cccnc3)n2n1. The molecule has 3 aromatic heterocycles. The van der Waals surface area contributed by atoms with Gasteiger partial charge in [-0.1, -0.05) is 13.3 Å². The number of hydrogen-bond acceptors (Lipinski definition) is 5. The Morgan fingerprint density at radius 3 is 2.64 bits per heavy atom. The molecule has 0 atom stereocenters. The molecule has 0 amide bonds. The molecule has 0 aliphatic rings. The molecule has 0 N–H and O–H groups in total. The van der Waals surface area contributed by atoms with Crippen LogP contribution in [0.4, 0.5) is 0 Å². The average Bonchev–Trinajstić information content (AvgIpc) is 3.17. The standard InChI is InChI=1S/C22H22N4OS/c1-3-4-12-28-22-14-21-24-19(16-7-9-18(27-2)10-8-16)13-20(26(21)25-22)17-6-5-11-23-15-17/h5-11,13-15H,3-4,12H2,1-2H3. The van der Waals surface area contributed by atoms with Gasteiger partial charge in [-0.3, -0.25) is 4.98 Å². The molecule has 142 valence electrons. The van der Waals surface area contributed by atoms with Crippen molar-refractivity contribution in [1.82, 2.24) is 19.6 Å². The molecule has 0 aliphatic heterocycles. The van der Waals surface area contributed by atoms with Gasteiger partial charge in [-0.15, -0.1) is 11.8 Å². The van der Waals surface area contributed by atoms with E-state index in [0.29, 0.717) is 0 Å². The molecule has 5 nitrogen and oxygen atoms in total. The lowest BCUT2D eigenvalue weighted by Crippen LogP contribution is -1.98. The van der Waals surface area contributed by atoms with E-state index in [0.717, 1.165) is 44.7 Å². The topological polar surface area (TPSA) is 52.3 Å². The number of methoxy groups -OCH3 is 1. The largest absolute Gasteiger partial charge is 0.497 e. The number of rotatable bonds is 7. The fourth-order valence-electron chi connectivity index (χ4n) is 2.97. The summed E-state index contributed by atoms with van der Waals surface area (Å²) in [4.78, 5) is 9.14. The van der Waals surface area contributed by atoms with E-state index in [2.05, 4.69) is 24.0 Å². The monoisotopic (exact) mass is 390 g/mol. The number of ether oxygens (including phenoxy) is 1. The number of fused-ring (bicyclic) bond motifs is 1. The normalized spacial score (nSPS) is 11.1. The molecule has 4 aromatic rings. The fourth-order valence-corrected chi connectivity index (χ4v) is 3.94. The summed E-state index contributed by atoms with van der Waals surface area (Å²) in [6.07, 6.45) is 6.00. The van der Waals surface area contributed by atoms with Crippen LogP contribution in [-0.4, -0.2) is 32.4 Å². The van der Waals surface area contributed by atoms with Gasteiger partial charge < -0.3 is 4.74 Å². The minimum atomic E-state index is 0.830. The van der Waals surface area contributed by atoms with Crippen LogP contribution in [0.3, 0.4) is 0 Å². The van der Waals surface area contributed by atoms with Gasteiger partial charge in [0.1, 0.15) is 10.8 Å². The molecule has 28 heavy (non-hydrogen) atoms. The summed E-state index contributed by atoms with van der Waals surface area (Å²) >= 11 is 1.78. The lowest BCUT2D eigenvalue weighted by Gasteiger charge is -2.09. The number of thioether (sulfide) groups is 1. The minimum absolute atomic E-state index is 0.830. The van der Waals surface area contributed by atoms with Crippen molar-refractivity contribution in [1.29, 1.82) is 0 Å². The Kier molecular flexibility index (Phi) is 5.58. The van der Waals surface area contributed by atoms with Crippen LogP contribution in [0.5, 0.6) is 5.75 Å². The quantitative estimate of drug-likeness (QED) is 0.314. The Morgan fingerprint density at radius 2 is 1.93 bits per heavy atom. The molecule has 4 rings (SSSR count). The van der Waals surface area contributed by atoms with Crippen molar-refractivity contribution in [3.8, 4) is 28.3 Å². The molecule has 0 saturated heterocycles. The van der Waals surface area contributed by atoms with Gasteiger partial charge in [0.2, 0.25) is 0 Å². The smallest absolute Gasteiger partial charge is 0.157 e. The predicted molar refractivity (Wildman–Crippen MR) is 114 cm³/mol. The van der Waals surface area contributed by atoms with Crippen LogP contribution in [0.25, 0.3) is 28.2 Å². The van der Waals surface area contributed by atoms with Gasteiger partial charge in [-0.2, -0.15) is 5.10 Å². The molecule has 0 saturated carbocycles. The van der Waals surface area contributed by atoms with E-state index in [4.69, 9.17) is 14.8 Å². The molecule has 0 unspecified atom stereocenters. The van der Waals surface area contributed by atoms with Gasteiger partial charge in [-0.25, -0.2) is 9.50 Å². The van der Waals surface area contributed by atoms with Gasteiger partial charge in [-0.05, 0) is 54.6 Å².